The number of hydrogen-bond acceptors (Lipinski definition) is 6. The number of nitrogens with two attached hydrogens (primary N) is 1. The highest BCUT2D eigenvalue weighted by atomic mass is 32.2. The van der Waals surface area contributed by atoms with Gasteiger partial charge in [-0.25, -0.2) is 13.6 Å². The molecule has 0 radical (unpaired) electrons. The predicted molar refractivity (Wildman–Crippen MR) is 98.1 cm³/mol. The molecule has 0 aliphatic heterocycles. The van der Waals surface area contributed by atoms with Crippen molar-refractivity contribution in [2.45, 2.75) is 41.8 Å². The molecule has 2 aromatic rings. The van der Waals surface area contributed by atoms with Gasteiger partial charge in [-0.1, -0.05) is 23.9 Å². The zero-order chi connectivity index (χ0) is 18.9. The lowest BCUT2D eigenvalue weighted by molar-refractivity contribution is -0.119. The van der Waals surface area contributed by atoms with Crippen molar-refractivity contribution >= 4 is 27.7 Å². The van der Waals surface area contributed by atoms with Gasteiger partial charge in [0.15, 0.2) is 5.16 Å². The Kier molecular flexibility index (Phi) is 5.35. The molecule has 10 heteroatoms. The summed E-state index contributed by atoms with van der Waals surface area (Å²) in [7, 11) is -1.80. The van der Waals surface area contributed by atoms with Crippen LogP contribution < -0.4 is 10.5 Å². The molecule has 0 spiro atoms. The van der Waals surface area contributed by atoms with Crippen LogP contribution in [0.2, 0.25) is 0 Å². The summed E-state index contributed by atoms with van der Waals surface area (Å²) in [5, 5.41) is 17.0. The molecule has 26 heavy (non-hydrogen) atoms. The Morgan fingerprint density at radius 1 is 1.35 bits per heavy atom. The third-order valence-corrected chi connectivity index (χ3v) is 6.18. The van der Waals surface area contributed by atoms with E-state index in [9.17, 15) is 13.2 Å². The Bertz CT molecular complexity index is 904. The molecule has 140 valence electrons. The van der Waals surface area contributed by atoms with Gasteiger partial charge in [-0.15, -0.1) is 10.2 Å². The average Bonchev–Trinajstić information content (AvgIpc) is 3.36. The number of nitrogens with zero attached hydrogens (tertiary/aromatic N) is 3. The van der Waals surface area contributed by atoms with E-state index in [4.69, 9.17) is 5.14 Å². The molecule has 1 heterocycles. The number of carbonyl (C=O) groups is 1. The van der Waals surface area contributed by atoms with Gasteiger partial charge in [0.05, 0.1) is 16.7 Å². The Hall–Kier alpha value is -1.91. The minimum atomic E-state index is -3.72. The smallest absolute Gasteiger partial charge is 0.238 e. The van der Waals surface area contributed by atoms with E-state index in [1.54, 1.807) is 12.1 Å². The van der Waals surface area contributed by atoms with Gasteiger partial charge < -0.3 is 9.88 Å². The molecule has 1 fully saturated rings. The molecule has 3 N–H and O–H groups in total. The fourth-order valence-corrected chi connectivity index (χ4v) is 3.84. The highest BCUT2D eigenvalue weighted by Gasteiger charge is 2.29. The van der Waals surface area contributed by atoms with E-state index in [0.717, 1.165) is 29.4 Å². The largest absolute Gasteiger partial charge is 0.349 e. The highest BCUT2D eigenvalue weighted by Crippen LogP contribution is 2.39. The van der Waals surface area contributed by atoms with Crippen molar-refractivity contribution < 1.29 is 13.2 Å². The van der Waals surface area contributed by atoms with Gasteiger partial charge in [-0.2, -0.15) is 0 Å². The maximum atomic E-state index is 12.2. The lowest BCUT2D eigenvalue weighted by atomic mass is 10.1. The summed E-state index contributed by atoms with van der Waals surface area (Å²) >= 11 is 1.35. The Morgan fingerprint density at radius 3 is 2.58 bits per heavy atom. The summed E-state index contributed by atoms with van der Waals surface area (Å²) in [6, 6.07) is 5.89. The van der Waals surface area contributed by atoms with Crippen LogP contribution in [-0.4, -0.2) is 34.8 Å². The molecular weight excluding hydrogens is 374 g/mol. The van der Waals surface area contributed by atoms with Crippen LogP contribution in [0.25, 0.3) is 0 Å². The molecule has 1 saturated carbocycles. The normalized spacial score (nSPS) is 15.7. The zero-order valence-corrected chi connectivity index (χ0v) is 16.2. The number of hydrogen-bond donors (Lipinski definition) is 2. The average molecular weight is 396 g/mol. The fraction of sp³-hybridized carbons (Fsp3) is 0.438. The number of primary sulfonamides is 1. The number of thioether (sulfide) groups is 1. The van der Waals surface area contributed by atoms with Crippen LogP contribution in [0.15, 0.2) is 34.3 Å². The van der Waals surface area contributed by atoms with E-state index >= 15 is 0 Å². The van der Waals surface area contributed by atoms with Gasteiger partial charge >= 0.3 is 0 Å². The van der Waals surface area contributed by atoms with E-state index in [0.29, 0.717) is 5.92 Å². The fourth-order valence-electron chi connectivity index (χ4n) is 2.59. The number of rotatable bonds is 7. The zero-order valence-electron chi connectivity index (χ0n) is 14.5. The Balaban J connectivity index is 1.54. The third kappa shape index (κ3) is 4.43. The highest BCUT2D eigenvalue weighted by molar-refractivity contribution is 7.99. The molecule has 1 aliphatic carbocycles. The molecule has 0 bridgehead atoms. The first-order chi connectivity index (χ1) is 12.3. The number of nitrogens with one attached hydrogen (secondary N) is 1. The first-order valence-corrected chi connectivity index (χ1v) is 10.7. The van der Waals surface area contributed by atoms with Crippen LogP contribution in [0.3, 0.4) is 0 Å². The van der Waals surface area contributed by atoms with E-state index < -0.39 is 10.0 Å². The SMILES string of the molecule is CC(NC(=O)CSc1nnc(C2CC2)n1C)c1ccc(S(N)(=O)=O)cc1. The van der Waals surface area contributed by atoms with Gasteiger partial charge in [0.25, 0.3) is 0 Å². The van der Waals surface area contributed by atoms with Crippen LogP contribution in [0.1, 0.15) is 43.1 Å². The Morgan fingerprint density at radius 2 is 2.00 bits per heavy atom. The second-order valence-corrected chi connectivity index (χ2v) is 8.87. The first-order valence-electron chi connectivity index (χ1n) is 8.20. The molecule has 1 aliphatic rings. The molecule has 1 atom stereocenters. The van der Waals surface area contributed by atoms with Gasteiger partial charge in [0, 0.05) is 13.0 Å². The molecule has 1 aromatic carbocycles. The third-order valence-electron chi connectivity index (χ3n) is 4.23. The monoisotopic (exact) mass is 395 g/mol. The second-order valence-electron chi connectivity index (χ2n) is 6.37. The van der Waals surface area contributed by atoms with E-state index in [1.807, 2.05) is 18.5 Å². The van der Waals surface area contributed by atoms with Gasteiger partial charge in [-0.05, 0) is 37.5 Å². The second kappa shape index (κ2) is 7.37. The molecule has 3 rings (SSSR count). The van der Waals surface area contributed by atoms with Crippen LogP contribution in [0.5, 0.6) is 0 Å². The van der Waals surface area contributed by atoms with Crippen molar-refractivity contribution in [1.29, 1.82) is 0 Å². The number of aromatic nitrogens is 3. The van der Waals surface area contributed by atoms with E-state index in [2.05, 4.69) is 15.5 Å². The summed E-state index contributed by atoms with van der Waals surface area (Å²) in [4.78, 5) is 12.2. The standard InChI is InChI=1S/C16H21N5O3S2/c1-10(11-5-7-13(8-6-11)26(17,23)24)18-14(22)9-25-16-20-19-15(21(16)2)12-3-4-12/h5-8,10,12H,3-4,9H2,1-2H3,(H,18,22)(H2,17,23,24). The predicted octanol–water partition coefficient (Wildman–Crippen LogP) is 1.31. The topological polar surface area (TPSA) is 120 Å². The summed E-state index contributed by atoms with van der Waals surface area (Å²) in [6.45, 7) is 1.84. The summed E-state index contributed by atoms with van der Waals surface area (Å²) in [5.74, 6) is 1.59. The maximum Gasteiger partial charge on any atom is 0.238 e. The molecule has 8 nitrogen and oxygen atoms in total. The van der Waals surface area contributed by atoms with Crippen molar-refractivity contribution in [2.24, 2.45) is 12.2 Å². The minimum absolute atomic E-state index is 0.0454. The van der Waals surface area contributed by atoms with Gasteiger partial charge in [0.1, 0.15) is 5.82 Å². The van der Waals surface area contributed by atoms with Crippen LogP contribution >= 0.6 is 11.8 Å². The number of sulfonamides is 1. The van der Waals surface area contributed by atoms with Gasteiger partial charge in [-0.3, -0.25) is 4.79 Å². The van der Waals surface area contributed by atoms with Crippen molar-refractivity contribution in [1.82, 2.24) is 20.1 Å². The van der Waals surface area contributed by atoms with Crippen LogP contribution in [0, 0.1) is 0 Å². The number of carbonyl (C=O) groups excluding carboxylic acids is 1. The van der Waals surface area contributed by atoms with Crippen molar-refractivity contribution in [3.8, 4) is 0 Å². The molecular formula is C16H21N5O3S2. The number of benzene rings is 1. The maximum absolute atomic E-state index is 12.2. The van der Waals surface area contributed by atoms with Gasteiger partial charge in [0.2, 0.25) is 15.9 Å². The van der Waals surface area contributed by atoms with Crippen LogP contribution in [0.4, 0.5) is 0 Å². The summed E-state index contributed by atoms with van der Waals surface area (Å²) in [6.07, 6.45) is 2.30. The molecule has 0 saturated heterocycles. The Labute approximate surface area is 156 Å². The van der Waals surface area contributed by atoms with E-state index in [1.165, 1.54) is 23.9 Å². The minimum Gasteiger partial charge on any atom is -0.349 e. The molecule has 1 amide bonds. The first kappa shape index (κ1) is 18.9. The summed E-state index contributed by atoms with van der Waals surface area (Å²) in [5.41, 5.74) is 0.797. The van der Waals surface area contributed by atoms with E-state index in [-0.39, 0.29) is 22.6 Å². The lowest BCUT2D eigenvalue weighted by Gasteiger charge is -2.14. The quantitative estimate of drug-likeness (QED) is 0.682. The van der Waals surface area contributed by atoms with Crippen molar-refractivity contribution in [2.75, 3.05) is 5.75 Å². The number of amides is 1. The lowest BCUT2D eigenvalue weighted by Crippen LogP contribution is -2.28. The van der Waals surface area contributed by atoms with Crippen LogP contribution in [-0.2, 0) is 21.9 Å². The molecule has 1 aromatic heterocycles. The molecule has 1 unspecified atom stereocenters. The van der Waals surface area contributed by atoms with Crippen molar-refractivity contribution in [3.05, 3.63) is 35.7 Å². The summed E-state index contributed by atoms with van der Waals surface area (Å²) < 4.78 is 24.5. The van der Waals surface area contributed by atoms with Crippen molar-refractivity contribution in [3.63, 3.8) is 0 Å².